The van der Waals surface area contributed by atoms with E-state index in [-0.39, 0.29) is 0 Å². The molecule has 0 saturated heterocycles. The summed E-state index contributed by atoms with van der Waals surface area (Å²) in [6.45, 7) is 2.16. The summed E-state index contributed by atoms with van der Waals surface area (Å²) >= 11 is 0. The van der Waals surface area contributed by atoms with Gasteiger partial charge in [0.15, 0.2) is 0 Å². The van der Waals surface area contributed by atoms with Crippen LogP contribution in [0.1, 0.15) is 5.56 Å². The van der Waals surface area contributed by atoms with Gasteiger partial charge >= 0.3 is 0 Å². The van der Waals surface area contributed by atoms with E-state index in [2.05, 4.69) is 73.7 Å². The van der Waals surface area contributed by atoms with Crippen LogP contribution >= 0.6 is 0 Å². The van der Waals surface area contributed by atoms with Crippen LogP contribution in [0.15, 0.2) is 66.7 Å². The van der Waals surface area contributed by atoms with E-state index in [9.17, 15) is 0 Å². The van der Waals surface area contributed by atoms with Gasteiger partial charge in [0.2, 0.25) is 0 Å². The van der Waals surface area contributed by atoms with Crippen molar-refractivity contribution in [1.29, 1.82) is 0 Å². The third-order valence-corrected chi connectivity index (χ3v) is 3.22. The molecule has 0 heterocycles. The maximum atomic E-state index is 2.20. The summed E-state index contributed by atoms with van der Waals surface area (Å²) in [5.74, 6) is 0. The Morgan fingerprint density at radius 3 is 2.00 bits per heavy atom. The summed E-state index contributed by atoms with van der Waals surface area (Å²) in [7, 11) is 0. The SMILES string of the molecule is Cc1cccc(-c2ccccc2)c2cccc1-2. The van der Waals surface area contributed by atoms with Crippen LogP contribution in [0.4, 0.5) is 0 Å². The van der Waals surface area contributed by atoms with Crippen molar-refractivity contribution in [3.63, 3.8) is 0 Å². The summed E-state index contributed by atoms with van der Waals surface area (Å²) in [5.41, 5.74) is 6.58. The summed E-state index contributed by atoms with van der Waals surface area (Å²) in [5, 5.41) is 0. The highest BCUT2D eigenvalue weighted by Gasteiger charge is 2.09. The largest absolute Gasteiger partial charge is 0.0622 e. The Hall–Kier alpha value is -2.08. The minimum Gasteiger partial charge on any atom is -0.0622 e. The van der Waals surface area contributed by atoms with Gasteiger partial charge in [0.05, 0.1) is 0 Å². The van der Waals surface area contributed by atoms with E-state index in [0.29, 0.717) is 0 Å². The van der Waals surface area contributed by atoms with Crippen molar-refractivity contribution in [1.82, 2.24) is 0 Å². The third kappa shape index (κ3) is 1.72. The van der Waals surface area contributed by atoms with Crippen molar-refractivity contribution in [3.05, 3.63) is 72.3 Å². The van der Waals surface area contributed by atoms with Crippen LogP contribution in [-0.4, -0.2) is 0 Å². The van der Waals surface area contributed by atoms with E-state index >= 15 is 0 Å². The van der Waals surface area contributed by atoms with Gasteiger partial charge in [-0.05, 0) is 34.7 Å². The molecule has 0 nitrogen and oxygen atoms in total. The van der Waals surface area contributed by atoms with Crippen molar-refractivity contribution in [3.8, 4) is 22.3 Å². The Kier molecular flexibility index (Phi) is 2.41. The first kappa shape index (κ1) is 10.1. The van der Waals surface area contributed by atoms with Crippen LogP contribution in [0.2, 0.25) is 0 Å². The molecule has 0 saturated carbocycles. The Balaban J connectivity index is 2.29. The predicted octanol–water partition coefficient (Wildman–Crippen LogP) is 4.77. The average molecular weight is 218 g/mol. The molecule has 0 aromatic heterocycles. The molecule has 0 unspecified atom stereocenters. The summed E-state index contributed by atoms with van der Waals surface area (Å²) in [4.78, 5) is 0. The lowest BCUT2D eigenvalue weighted by atomic mass is 9.99. The molecule has 0 radical (unpaired) electrons. The maximum absolute atomic E-state index is 2.20. The first-order valence-corrected chi connectivity index (χ1v) is 5.90. The Morgan fingerprint density at radius 1 is 0.529 bits per heavy atom. The van der Waals surface area contributed by atoms with Crippen LogP contribution in [-0.2, 0) is 0 Å². The van der Waals surface area contributed by atoms with Gasteiger partial charge in [-0.3, -0.25) is 0 Å². The smallest absolute Gasteiger partial charge is 0.0103 e. The third-order valence-electron chi connectivity index (χ3n) is 3.22. The minimum atomic E-state index is 1.28. The van der Waals surface area contributed by atoms with Crippen LogP contribution in [0.3, 0.4) is 0 Å². The number of hydrogen-bond donors (Lipinski definition) is 0. The zero-order valence-electron chi connectivity index (χ0n) is 9.85. The van der Waals surface area contributed by atoms with Gasteiger partial charge in [-0.2, -0.15) is 0 Å². The molecule has 0 atom stereocenters. The molecular weight excluding hydrogens is 204 g/mol. The summed E-state index contributed by atoms with van der Waals surface area (Å²) in [6.07, 6.45) is 0. The predicted molar refractivity (Wildman–Crippen MR) is 73.2 cm³/mol. The molecule has 0 N–H and O–H groups in total. The first-order chi connectivity index (χ1) is 8.36. The minimum absolute atomic E-state index is 1.28. The normalized spacial score (nSPS) is 10.6. The van der Waals surface area contributed by atoms with E-state index < -0.39 is 0 Å². The molecule has 0 fully saturated rings. The average Bonchev–Trinajstić information content (AvgIpc) is 2.79. The van der Waals surface area contributed by atoms with Gasteiger partial charge in [-0.1, -0.05) is 66.7 Å². The van der Waals surface area contributed by atoms with E-state index in [4.69, 9.17) is 0 Å². The molecule has 2 aliphatic carbocycles. The Morgan fingerprint density at radius 2 is 1.18 bits per heavy atom. The van der Waals surface area contributed by atoms with E-state index in [1.807, 2.05) is 0 Å². The van der Waals surface area contributed by atoms with Crippen LogP contribution in [0, 0.1) is 6.92 Å². The quantitative estimate of drug-likeness (QED) is 0.552. The van der Waals surface area contributed by atoms with Crippen molar-refractivity contribution in [2.75, 3.05) is 0 Å². The van der Waals surface area contributed by atoms with E-state index in [1.54, 1.807) is 0 Å². The van der Waals surface area contributed by atoms with Gasteiger partial charge in [0.25, 0.3) is 0 Å². The van der Waals surface area contributed by atoms with E-state index in [0.717, 1.165) is 0 Å². The molecule has 0 heteroatoms. The molecule has 17 heavy (non-hydrogen) atoms. The molecule has 1 aromatic rings. The van der Waals surface area contributed by atoms with Crippen molar-refractivity contribution in [2.45, 2.75) is 6.92 Å². The van der Waals surface area contributed by atoms with E-state index in [1.165, 1.54) is 27.8 Å². The summed E-state index contributed by atoms with van der Waals surface area (Å²) in [6, 6.07) is 23.6. The second-order valence-electron chi connectivity index (χ2n) is 4.34. The molecule has 3 rings (SSSR count). The van der Waals surface area contributed by atoms with Crippen molar-refractivity contribution >= 4 is 0 Å². The molecular formula is C17H14. The highest BCUT2D eigenvalue weighted by Crippen LogP contribution is 2.34. The lowest BCUT2D eigenvalue weighted by Gasteiger charge is -2.05. The van der Waals surface area contributed by atoms with Gasteiger partial charge in [-0.25, -0.2) is 0 Å². The topological polar surface area (TPSA) is 0 Å². The fourth-order valence-electron chi connectivity index (χ4n) is 2.34. The van der Waals surface area contributed by atoms with Gasteiger partial charge in [0.1, 0.15) is 0 Å². The molecule has 0 amide bonds. The highest BCUT2D eigenvalue weighted by atomic mass is 14.1. The van der Waals surface area contributed by atoms with Gasteiger partial charge < -0.3 is 0 Å². The monoisotopic (exact) mass is 218 g/mol. The lowest BCUT2D eigenvalue weighted by molar-refractivity contribution is 1.52. The number of aryl methyl sites for hydroxylation is 1. The zero-order valence-corrected chi connectivity index (χ0v) is 9.85. The lowest BCUT2D eigenvalue weighted by Crippen LogP contribution is -1.79. The molecule has 2 aliphatic rings. The van der Waals surface area contributed by atoms with Crippen molar-refractivity contribution in [2.24, 2.45) is 0 Å². The standard InChI is InChI=1S/C17H14/c1-13-7-5-11-16(14-8-3-2-4-9-14)17-12-6-10-15(13)17/h2-12H,1H3. The Bertz CT molecular complexity index is 608. The van der Waals surface area contributed by atoms with Gasteiger partial charge in [-0.15, -0.1) is 0 Å². The van der Waals surface area contributed by atoms with Crippen LogP contribution in [0.25, 0.3) is 22.3 Å². The molecule has 82 valence electrons. The Labute approximate surface area is 102 Å². The second-order valence-corrected chi connectivity index (χ2v) is 4.34. The summed E-state index contributed by atoms with van der Waals surface area (Å²) < 4.78 is 0. The molecule has 0 aliphatic heterocycles. The number of benzene rings is 1. The van der Waals surface area contributed by atoms with Crippen LogP contribution < -0.4 is 0 Å². The number of rotatable bonds is 1. The highest BCUT2D eigenvalue weighted by molar-refractivity contribution is 5.85. The maximum Gasteiger partial charge on any atom is -0.0103 e. The molecule has 1 aromatic carbocycles. The first-order valence-electron chi connectivity index (χ1n) is 5.90. The fourth-order valence-corrected chi connectivity index (χ4v) is 2.34. The fraction of sp³-hybridized carbons (Fsp3) is 0.0588. The number of fused-ring (bicyclic) bond motifs is 1. The number of hydrogen-bond acceptors (Lipinski definition) is 0. The van der Waals surface area contributed by atoms with Gasteiger partial charge in [0, 0.05) is 0 Å². The second kappa shape index (κ2) is 4.06. The molecule has 0 bridgehead atoms. The van der Waals surface area contributed by atoms with Crippen molar-refractivity contribution < 1.29 is 0 Å². The molecule has 0 spiro atoms. The zero-order chi connectivity index (χ0) is 11.7. The van der Waals surface area contributed by atoms with Crippen LogP contribution in [0.5, 0.6) is 0 Å².